The van der Waals surface area contributed by atoms with Crippen LogP contribution in [0.1, 0.15) is 11.1 Å². The molecule has 0 aliphatic carbocycles. The van der Waals surface area contributed by atoms with Crippen LogP contribution in [0.5, 0.6) is 0 Å². The van der Waals surface area contributed by atoms with Crippen LogP contribution in [0, 0.1) is 18.6 Å². The third-order valence-electron chi connectivity index (χ3n) is 2.97. The van der Waals surface area contributed by atoms with E-state index in [9.17, 15) is 17.2 Å². The van der Waals surface area contributed by atoms with Gasteiger partial charge in [0, 0.05) is 6.54 Å². The fraction of sp³-hybridized carbons (Fsp3) is 0.143. The molecule has 0 bridgehead atoms. The molecule has 2 aromatic rings. The molecule has 2 rings (SSSR count). The lowest BCUT2D eigenvalue weighted by Gasteiger charge is -2.13. The molecule has 0 unspecified atom stereocenters. The Labute approximate surface area is 121 Å². The average molecular weight is 312 g/mol. The van der Waals surface area contributed by atoms with E-state index < -0.39 is 21.7 Å². The van der Waals surface area contributed by atoms with Crippen molar-refractivity contribution in [2.24, 2.45) is 5.73 Å². The zero-order valence-electron chi connectivity index (χ0n) is 11.2. The van der Waals surface area contributed by atoms with E-state index in [2.05, 4.69) is 4.72 Å². The second kappa shape index (κ2) is 5.79. The number of rotatable bonds is 4. The molecule has 0 saturated heterocycles. The van der Waals surface area contributed by atoms with Crippen LogP contribution >= 0.6 is 0 Å². The molecule has 2 aromatic carbocycles. The predicted molar refractivity (Wildman–Crippen MR) is 76.2 cm³/mol. The number of benzene rings is 2. The molecule has 0 fully saturated rings. The number of aryl methyl sites for hydroxylation is 1. The molecule has 0 heterocycles. The van der Waals surface area contributed by atoms with Gasteiger partial charge >= 0.3 is 0 Å². The van der Waals surface area contributed by atoms with Gasteiger partial charge in [-0.2, -0.15) is 0 Å². The lowest BCUT2D eigenvalue weighted by Crippen LogP contribution is -2.16. The second-order valence-corrected chi connectivity index (χ2v) is 6.17. The quantitative estimate of drug-likeness (QED) is 0.911. The van der Waals surface area contributed by atoms with Crippen LogP contribution < -0.4 is 10.5 Å². The van der Waals surface area contributed by atoms with Gasteiger partial charge in [-0.1, -0.05) is 6.07 Å². The molecule has 0 saturated carbocycles. The average Bonchev–Trinajstić information content (AvgIpc) is 2.43. The van der Waals surface area contributed by atoms with E-state index in [1.807, 2.05) is 0 Å². The van der Waals surface area contributed by atoms with Gasteiger partial charge in [0.15, 0.2) is 0 Å². The zero-order valence-corrected chi connectivity index (χ0v) is 12.0. The van der Waals surface area contributed by atoms with Gasteiger partial charge in [-0.05, 0) is 48.4 Å². The Balaban J connectivity index is 2.45. The maximum Gasteiger partial charge on any atom is 0.262 e. The van der Waals surface area contributed by atoms with Crippen LogP contribution in [-0.4, -0.2) is 8.42 Å². The number of nitrogens with two attached hydrogens (primary N) is 1. The van der Waals surface area contributed by atoms with Gasteiger partial charge in [-0.25, -0.2) is 17.2 Å². The number of hydrogen-bond acceptors (Lipinski definition) is 3. The lowest BCUT2D eigenvalue weighted by atomic mass is 10.2. The van der Waals surface area contributed by atoms with E-state index in [0.717, 1.165) is 18.2 Å². The summed E-state index contributed by atoms with van der Waals surface area (Å²) in [4.78, 5) is -0.171. The first-order chi connectivity index (χ1) is 9.83. The molecule has 112 valence electrons. The number of anilines is 1. The second-order valence-electron chi connectivity index (χ2n) is 4.52. The number of hydrogen-bond donors (Lipinski definition) is 2. The van der Waals surface area contributed by atoms with Crippen LogP contribution in [0.4, 0.5) is 14.5 Å². The Bertz CT molecular complexity index is 777. The summed E-state index contributed by atoms with van der Waals surface area (Å²) in [5.74, 6) is -1.17. The summed E-state index contributed by atoms with van der Waals surface area (Å²) in [6, 6.07) is 7.04. The molecule has 3 N–H and O–H groups in total. The molecule has 4 nitrogen and oxygen atoms in total. The highest BCUT2D eigenvalue weighted by molar-refractivity contribution is 7.92. The minimum atomic E-state index is -3.98. The minimum Gasteiger partial charge on any atom is -0.326 e. The van der Waals surface area contributed by atoms with E-state index in [1.54, 1.807) is 6.92 Å². The van der Waals surface area contributed by atoms with Crippen molar-refractivity contribution in [3.63, 3.8) is 0 Å². The third kappa shape index (κ3) is 3.37. The largest absolute Gasteiger partial charge is 0.326 e. The highest BCUT2D eigenvalue weighted by Crippen LogP contribution is 2.23. The summed E-state index contributed by atoms with van der Waals surface area (Å²) in [5.41, 5.74) is 6.35. The summed E-state index contributed by atoms with van der Waals surface area (Å²) in [6.07, 6.45) is 0. The monoisotopic (exact) mass is 312 g/mol. The topological polar surface area (TPSA) is 72.2 Å². The molecule has 0 atom stereocenters. The van der Waals surface area contributed by atoms with Crippen molar-refractivity contribution in [2.45, 2.75) is 18.4 Å². The van der Waals surface area contributed by atoms with Gasteiger partial charge < -0.3 is 5.73 Å². The first kappa shape index (κ1) is 15.4. The molecule has 0 aliphatic heterocycles. The van der Waals surface area contributed by atoms with Crippen molar-refractivity contribution in [1.82, 2.24) is 0 Å². The summed E-state index contributed by atoms with van der Waals surface area (Å²) < 4.78 is 53.3. The number of halogens is 2. The van der Waals surface area contributed by atoms with Gasteiger partial charge in [-0.3, -0.25) is 4.72 Å². The van der Waals surface area contributed by atoms with Gasteiger partial charge in [-0.15, -0.1) is 0 Å². The standard InChI is InChI=1S/C14H14F2N2O2S/c1-9-2-3-12(16)7-14(9)21(19,20)18-13-5-4-11(15)6-10(13)8-17/h2-7,18H,8,17H2,1H3. The van der Waals surface area contributed by atoms with E-state index in [0.29, 0.717) is 11.1 Å². The third-order valence-corrected chi connectivity index (χ3v) is 4.48. The summed E-state index contributed by atoms with van der Waals surface area (Å²) in [6.45, 7) is 1.53. The number of sulfonamides is 1. The molecular formula is C14H14F2N2O2S. The minimum absolute atomic E-state index is 0.0300. The van der Waals surface area contributed by atoms with Crippen molar-refractivity contribution in [1.29, 1.82) is 0 Å². The predicted octanol–water partition coefficient (Wildman–Crippen LogP) is 2.53. The van der Waals surface area contributed by atoms with Gasteiger partial charge in [0.1, 0.15) is 11.6 Å². The van der Waals surface area contributed by atoms with Gasteiger partial charge in [0.2, 0.25) is 0 Å². The van der Waals surface area contributed by atoms with Crippen molar-refractivity contribution in [2.75, 3.05) is 4.72 Å². The lowest BCUT2D eigenvalue weighted by molar-refractivity contribution is 0.594. The van der Waals surface area contributed by atoms with Crippen LogP contribution in [-0.2, 0) is 16.6 Å². The normalized spacial score (nSPS) is 11.4. The number of nitrogens with one attached hydrogen (secondary N) is 1. The van der Waals surface area contributed by atoms with Crippen molar-refractivity contribution < 1.29 is 17.2 Å². The molecule has 0 aliphatic rings. The Kier molecular flexibility index (Phi) is 4.24. The molecule has 0 aromatic heterocycles. The Morgan fingerprint density at radius 1 is 1.10 bits per heavy atom. The molecule has 0 radical (unpaired) electrons. The van der Waals surface area contributed by atoms with Crippen molar-refractivity contribution >= 4 is 15.7 Å². The fourth-order valence-corrected chi connectivity index (χ4v) is 3.25. The smallest absolute Gasteiger partial charge is 0.262 e. The maximum atomic E-state index is 13.3. The SMILES string of the molecule is Cc1ccc(F)cc1S(=O)(=O)Nc1ccc(F)cc1CN. The van der Waals surface area contributed by atoms with Gasteiger partial charge in [0.25, 0.3) is 10.0 Å². The molecule has 7 heteroatoms. The van der Waals surface area contributed by atoms with Crippen LogP contribution in [0.25, 0.3) is 0 Å². The fourth-order valence-electron chi connectivity index (χ4n) is 1.89. The van der Waals surface area contributed by atoms with Crippen molar-refractivity contribution in [3.05, 3.63) is 59.2 Å². The van der Waals surface area contributed by atoms with E-state index >= 15 is 0 Å². The van der Waals surface area contributed by atoms with E-state index in [4.69, 9.17) is 5.73 Å². The van der Waals surface area contributed by atoms with Crippen LogP contribution in [0.3, 0.4) is 0 Å². The Morgan fingerprint density at radius 3 is 2.38 bits per heavy atom. The summed E-state index contributed by atoms with van der Waals surface area (Å²) in [5, 5.41) is 0. The summed E-state index contributed by atoms with van der Waals surface area (Å²) in [7, 11) is -3.98. The molecule has 21 heavy (non-hydrogen) atoms. The van der Waals surface area contributed by atoms with E-state index in [-0.39, 0.29) is 17.1 Å². The summed E-state index contributed by atoms with van der Waals surface area (Å²) >= 11 is 0. The van der Waals surface area contributed by atoms with Crippen LogP contribution in [0.2, 0.25) is 0 Å². The van der Waals surface area contributed by atoms with E-state index in [1.165, 1.54) is 18.2 Å². The Hall–Kier alpha value is -1.99. The van der Waals surface area contributed by atoms with Crippen LogP contribution in [0.15, 0.2) is 41.3 Å². The first-order valence-electron chi connectivity index (χ1n) is 6.11. The highest BCUT2D eigenvalue weighted by atomic mass is 32.2. The molecular weight excluding hydrogens is 298 g/mol. The van der Waals surface area contributed by atoms with Gasteiger partial charge in [0.05, 0.1) is 10.6 Å². The highest BCUT2D eigenvalue weighted by Gasteiger charge is 2.19. The molecule has 0 amide bonds. The maximum absolute atomic E-state index is 13.3. The first-order valence-corrected chi connectivity index (χ1v) is 7.59. The Morgan fingerprint density at radius 2 is 1.71 bits per heavy atom. The molecule has 0 spiro atoms. The van der Waals surface area contributed by atoms with Crippen molar-refractivity contribution in [3.8, 4) is 0 Å². The zero-order chi connectivity index (χ0) is 15.6.